The lowest BCUT2D eigenvalue weighted by Crippen LogP contribution is -2.11. The molecule has 5 nitrogen and oxygen atoms in total. The molecule has 1 N–H and O–H groups in total. The minimum atomic E-state index is 0.796. The van der Waals surface area contributed by atoms with Gasteiger partial charge in [0.05, 0.1) is 0 Å². The Morgan fingerprint density at radius 3 is 2.70 bits per heavy atom. The van der Waals surface area contributed by atoms with Crippen molar-refractivity contribution in [3.8, 4) is 10.4 Å². The van der Waals surface area contributed by atoms with Gasteiger partial charge in [0.25, 0.3) is 0 Å². The molecule has 134 valence electrons. The van der Waals surface area contributed by atoms with Crippen LogP contribution in [0, 0.1) is 6.92 Å². The Morgan fingerprint density at radius 1 is 1.07 bits per heavy atom. The average Bonchev–Trinajstić information content (AvgIpc) is 3.42. The molecule has 0 aliphatic rings. The maximum Gasteiger partial charge on any atom is 0.181 e. The van der Waals surface area contributed by atoms with E-state index in [2.05, 4.69) is 68.9 Å². The van der Waals surface area contributed by atoms with Gasteiger partial charge in [-0.15, -0.1) is 11.3 Å². The van der Waals surface area contributed by atoms with Gasteiger partial charge < -0.3 is 9.88 Å². The molecule has 0 amide bonds. The molecule has 6 heteroatoms. The predicted octanol–water partition coefficient (Wildman–Crippen LogP) is 4.83. The summed E-state index contributed by atoms with van der Waals surface area (Å²) in [5.74, 6) is 0.833. The number of hydrogen-bond acceptors (Lipinski definition) is 4. The van der Waals surface area contributed by atoms with Crippen LogP contribution in [0.15, 0.2) is 67.1 Å². The third-order valence-electron chi connectivity index (χ3n) is 4.67. The molecule has 27 heavy (non-hydrogen) atoms. The van der Waals surface area contributed by atoms with E-state index in [0.717, 1.165) is 40.6 Å². The highest BCUT2D eigenvalue weighted by Gasteiger charge is 2.15. The molecule has 0 aliphatic carbocycles. The fourth-order valence-corrected chi connectivity index (χ4v) is 4.49. The summed E-state index contributed by atoms with van der Waals surface area (Å²) in [4.78, 5) is 11.8. The van der Waals surface area contributed by atoms with Gasteiger partial charge in [-0.05, 0) is 30.7 Å². The van der Waals surface area contributed by atoms with Crippen molar-refractivity contribution in [2.75, 3.05) is 11.9 Å². The maximum absolute atomic E-state index is 4.89. The molecule has 0 radical (unpaired) electrons. The van der Waals surface area contributed by atoms with Crippen molar-refractivity contribution < 1.29 is 0 Å². The zero-order valence-corrected chi connectivity index (χ0v) is 15.8. The van der Waals surface area contributed by atoms with E-state index in [1.54, 1.807) is 11.3 Å². The second-order valence-corrected chi connectivity index (χ2v) is 7.56. The van der Waals surface area contributed by atoms with Crippen molar-refractivity contribution in [3.63, 3.8) is 0 Å². The summed E-state index contributed by atoms with van der Waals surface area (Å²) in [7, 11) is 0. The van der Waals surface area contributed by atoms with Crippen LogP contribution in [0.5, 0.6) is 0 Å². The first-order valence-electron chi connectivity index (χ1n) is 8.97. The third kappa shape index (κ3) is 2.88. The van der Waals surface area contributed by atoms with E-state index >= 15 is 0 Å². The monoisotopic (exact) mass is 373 g/mol. The van der Waals surface area contributed by atoms with Gasteiger partial charge in [-0.1, -0.05) is 30.3 Å². The molecule has 0 saturated carbocycles. The molecular formula is C21H19N5S. The molecule has 0 spiro atoms. The van der Waals surface area contributed by atoms with Gasteiger partial charge in [-0.25, -0.2) is 9.97 Å². The van der Waals surface area contributed by atoms with Crippen LogP contribution < -0.4 is 5.32 Å². The standard InChI is InChI=1S/C21H19N5S/c1-15-14-23-20-19(22-9-12-25-10-5-6-11-25)24-17-13-18(27-21(17)26(15)20)16-7-3-2-4-8-16/h2-8,10-11,13-14H,9,12H2,1H3,(H,22,24). The smallest absolute Gasteiger partial charge is 0.181 e. The Kier molecular flexibility index (Phi) is 3.90. The van der Waals surface area contributed by atoms with Crippen molar-refractivity contribution in [3.05, 3.63) is 72.8 Å². The minimum absolute atomic E-state index is 0.796. The molecular weight excluding hydrogens is 354 g/mol. The highest BCUT2D eigenvalue weighted by atomic mass is 32.1. The van der Waals surface area contributed by atoms with E-state index in [1.165, 1.54) is 10.4 Å². The summed E-state index contributed by atoms with van der Waals surface area (Å²) in [6.07, 6.45) is 6.05. The van der Waals surface area contributed by atoms with Crippen LogP contribution >= 0.6 is 11.3 Å². The highest BCUT2D eigenvalue weighted by molar-refractivity contribution is 7.21. The van der Waals surface area contributed by atoms with E-state index in [9.17, 15) is 0 Å². The van der Waals surface area contributed by atoms with E-state index in [0.29, 0.717) is 0 Å². The predicted molar refractivity (Wildman–Crippen MR) is 111 cm³/mol. The van der Waals surface area contributed by atoms with E-state index < -0.39 is 0 Å². The zero-order valence-electron chi connectivity index (χ0n) is 15.0. The van der Waals surface area contributed by atoms with Gasteiger partial charge in [-0.2, -0.15) is 0 Å². The lowest BCUT2D eigenvalue weighted by atomic mass is 10.2. The fraction of sp³-hybridized carbons (Fsp3) is 0.143. The Bertz CT molecular complexity index is 1200. The molecule has 0 bridgehead atoms. The normalized spacial score (nSPS) is 11.4. The summed E-state index contributed by atoms with van der Waals surface area (Å²) in [6.45, 7) is 3.77. The molecule has 5 aromatic rings. The molecule has 0 atom stereocenters. The number of nitrogens with zero attached hydrogens (tertiary/aromatic N) is 4. The summed E-state index contributed by atoms with van der Waals surface area (Å²) in [5, 5.41) is 3.47. The Labute approximate surface area is 160 Å². The average molecular weight is 373 g/mol. The highest BCUT2D eigenvalue weighted by Crippen LogP contribution is 2.35. The van der Waals surface area contributed by atoms with Crippen LogP contribution in [0.1, 0.15) is 5.69 Å². The molecule has 5 rings (SSSR count). The van der Waals surface area contributed by atoms with Gasteiger partial charge in [0.1, 0.15) is 10.3 Å². The second-order valence-electron chi connectivity index (χ2n) is 6.53. The van der Waals surface area contributed by atoms with Gasteiger partial charge in [-0.3, -0.25) is 4.40 Å². The van der Waals surface area contributed by atoms with Crippen molar-refractivity contribution in [2.24, 2.45) is 0 Å². The number of hydrogen-bond donors (Lipinski definition) is 1. The van der Waals surface area contributed by atoms with Crippen LogP contribution in [-0.2, 0) is 6.54 Å². The topological polar surface area (TPSA) is 47.2 Å². The van der Waals surface area contributed by atoms with Gasteiger partial charge in [0.2, 0.25) is 0 Å². The van der Waals surface area contributed by atoms with E-state index in [4.69, 9.17) is 4.98 Å². The van der Waals surface area contributed by atoms with Gasteiger partial charge in [0, 0.05) is 42.3 Å². The van der Waals surface area contributed by atoms with Crippen LogP contribution in [0.2, 0.25) is 0 Å². The van der Waals surface area contributed by atoms with Crippen LogP contribution in [0.25, 0.3) is 26.4 Å². The van der Waals surface area contributed by atoms with Gasteiger partial charge in [0.15, 0.2) is 11.5 Å². The summed E-state index contributed by atoms with van der Waals surface area (Å²) in [5.41, 5.74) is 4.21. The number of fused-ring (bicyclic) bond motifs is 3. The molecule has 0 aliphatic heterocycles. The number of rotatable bonds is 5. The maximum atomic E-state index is 4.89. The van der Waals surface area contributed by atoms with E-state index in [-0.39, 0.29) is 0 Å². The molecule has 0 fully saturated rings. The van der Waals surface area contributed by atoms with Crippen molar-refractivity contribution in [1.29, 1.82) is 0 Å². The molecule has 4 heterocycles. The quantitative estimate of drug-likeness (QED) is 0.480. The summed E-state index contributed by atoms with van der Waals surface area (Å²) < 4.78 is 4.36. The van der Waals surface area contributed by atoms with Crippen molar-refractivity contribution in [1.82, 2.24) is 18.9 Å². The molecule has 0 unspecified atom stereocenters. The largest absolute Gasteiger partial charge is 0.365 e. The minimum Gasteiger partial charge on any atom is -0.365 e. The summed E-state index contributed by atoms with van der Waals surface area (Å²) >= 11 is 1.76. The first-order valence-corrected chi connectivity index (χ1v) is 9.79. The van der Waals surface area contributed by atoms with Crippen molar-refractivity contribution in [2.45, 2.75) is 13.5 Å². The SMILES string of the molecule is Cc1cnc2c(NCCn3cccc3)nc3cc(-c4ccccc4)sc3n12. The number of aromatic nitrogens is 4. The molecule has 4 aromatic heterocycles. The first-order chi connectivity index (χ1) is 13.3. The van der Waals surface area contributed by atoms with Crippen molar-refractivity contribution >= 4 is 33.1 Å². The lowest BCUT2D eigenvalue weighted by molar-refractivity contribution is 0.732. The second kappa shape index (κ2) is 6.55. The molecule has 0 saturated heterocycles. The number of anilines is 1. The Morgan fingerprint density at radius 2 is 1.89 bits per heavy atom. The van der Waals surface area contributed by atoms with Crippen LogP contribution in [0.3, 0.4) is 0 Å². The number of aryl methyl sites for hydroxylation is 1. The zero-order chi connectivity index (χ0) is 18.2. The number of thiophene rings is 1. The van der Waals surface area contributed by atoms with Gasteiger partial charge >= 0.3 is 0 Å². The first kappa shape index (κ1) is 16.1. The Balaban J connectivity index is 1.56. The summed E-state index contributed by atoms with van der Waals surface area (Å²) in [6, 6.07) is 16.7. The Hall–Kier alpha value is -3.12. The number of benzene rings is 1. The lowest BCUT2D eigenvalue weighted by Gasteiger charge is -2.09. The number of nitrogens with one attached hydrogen (secondary N) is 1. The fourth-order valence-electron chi connectivity index (χ4n) is 3.33. The molecule has 1 aromatic carbocycles. The van der Waals surface area contributed by atoms with E-state index in [1.807, 2.05) is 24.4 Å². The third-order valence-corrected chi connectivity index (χ3v) is 5.82. The van der Waals surface area contributed by atoms with Crippen LogP contribution in [0.4, 0.5) is 5.82 Å². The number of imidazole rings is 1. The van der Waals surface area contributed by atoms with Crippen LogP contribution in [-0.4, -0.2) is 25.5 Å².